The van der Waals surface area contributed by atoms with Crippen molar-refractivity contribution in [2.45, 2.75) is 19.3 Å². The van der Waals surface area contributed by atoms with Crippen LogP contribution in [0.3, 0.4) is 0 Å². The van der Waals surface area contributed by atoms with Crippen molar-refractivity contribution < 1.29 is 17.6 Å². The summed E-state index contributed by atoms with van der Waals surface area (Å²) >= 11 is 0. The molecule has 0 N–H and O–H groups in total. The van der Waals surface area contributed by atoms with Gasteiger partial charge >= 0.3 is 0 Å². The van der Waals surface area contributed by atoms with Gasteiger partial charge in [0.15, 0.2) is 23.3 Å². The van der Waals surface area contributed by atoms with Crippen LogP contribution in [-0.2, 0) is 5.41 Å². The summed E-state index contributed by atoms with van der Waals surface area (Å²) in [6.45, 7) is 4.44. The standard InChI is InChI=1S/C57H40F4N2/c1-57(2)49-21-13-12-20-47(49)48-35-34-46(36-50(48)57)62(42-18-10-5-11-19-42)43-32-26-41(27-33-43)51-52(58)54(60)56(55(61)53(51)59)63(44-28-22-39(23-29-44)37-14-6-3-7-15-37)45-30-24-40(25-31-45)38-16-8-4-9-17-38/h3-36H,1-2H3. The van der Waals surface area contributed by atoms with Crippen molar-refractivity contribution in [2.24, 2.45) is 0 Å². The molecule has 6 heteroatoms. The van der Waals surface area contributed by atoms with Crippen LogP contribution in [-0.4, -0.2) is 0 Å². The summed E-state index contributed by atoms with van der Waals surface area (Å²) in [5.74, 6) is -6.02. The third-order valence-electron chi connectivity index (χ3n) is 12.2. The third-order valence-corrected chi connectivity index (χ3v) is 12.2. The average molecular weight is 829 g/mol. The number of nitrogens with zero attached hydrogens (tertiary/aromatic N) is 2. The number of hydrogen-bond donors (Lipinski definition) is 0. The molecule has 0 aromatic heterocycles. The van der Waals surface area contributed by atoms with Gasteiger partial charge in [0.05, 0.1) is 5.56 Å². The largest absolute Gasteiger partial charge is 0.310 e. The van der Waals surface area contributed by atoms with Gasteiger partial charge in [-0.05, 0) is 111 Å². The molecule has 1 aliphatic rings. The Morgan fingerprint density at radius 1 is 0.317 bits per heavy atom. The van der Waals surface area contributed by atoms with Crippen LogP contribution in [0.15, 0.2) is 206 Å². The van der Waals surface area contributed by atoms with E-state index in [0.717, 1.165) is 33.6 Å². The van der Waals surface area contributed by atoms with E-state index in [-0.39, 0.29) is 11.0 Å². The summed E-state index contributed by atoms with van der Waals surface area (Å²) in [5, 5.41) is 0. The number of halogens is 4. The maximum Gasteiger partial charge on any atom is 0.186 e. The lowest BCUT2D eigenvalue weighted by Gasteiger charge is -2.28. The first-order valence-electron chi connectivity index (χ1n) is 20.9. The monoisotopic (exact) mass is 828 g/mol. The molecule has 0 saturated heterocycles. The Labute approximate surface area is 364 Å². The minimum absolute atomic E-state index is 0.0115. The van der Waals surface area contributed by atoms with Gasteiger partial charge in [-0.1, -0.05) is 159 Å². The molecule has 0 fully saturated rings. The molecule has 0 unspecified atom stereocenters. The molecule has 0 atom stereocenters. The topological polar surface area (TPSA) is 6.48 Å². The Bertz CT molecular complexity index is 2980. The zero-order chi connectivity index (χ0) is 43.2. The van der Waals surface area contributed by atoms with E-state index >= 15 is 17.6 Å². The predicted octanol–water partition coefficient (Wildman–Crippen LogP) is 16.5. The third kappa shape index (κ3) is 6.94. The first-order chi connectivity index (χ1) is 30.7. The minimum Gasteiger partial charge on any atom is -0.310 e. The highest BCUT2D eigenvalue weighted by Crippen LogP contribution is 2.51. The summed E-state index contributed by atoms with van der Waals surface area (Å²) in [4.78, 5) is 3.28. The summed E-state index contributed by atoms with van der Waals surface area (Å²) in [6, 6.07) is 64.4. The quantitative estimate of drug-likeness (QED) is 0.106. The smallest absolute Gasteiger partial charge is 0.186 e. The molecule has 2 nitrogen and oxygen atoms in total. The lowest BCUT2D eigenvalue weighted by molar-refractivity contribution is 0.461. The number of fused-ring (bicyclic) bond motifs is 3. The molecular formula is C57H40F4N2. The Balaban J connectivity index is 1.05. The van der Waals surface area contributed by atoms with E-state index in [9.17, 15) is 0 Å². The Kier molecular flexibility index (Phi) is 9.99. The van der Waals surface area contributed by atoms with Gasteiger partial charge in [0, 0.05) is 33.9 Å². The van der Waals surface area contributed by atoms with Crippen molar-refractivity contribution in [2.75, 3.05) is 9.80 Å². The highest BCUT2D eigenvalue weighted by atomic mass is 19.2. The van der Waals surface area contributed by atoms with Crippen LogP contribution >= 0.6 is 0 Å². The highest BCUT2D eigenvalue weighted by molar-refractivity contribution is 5.87. The van der Waals surface area contributed by atoms with Gasteiger partial charge < -0.3 is 9.80 Å². The van der Waals surface area contributed by atoms with Crippen LogP contribution in [0.1, 0.15) is 25.0 Å². The maximum absolute atomic E-state index is 16.8. The molecule has 9 aromatic rings. The van der Waals surface area contributed by atoms with Gasteiger partial charge in [-0.2, -0.15) is 0 Å². The molecule has 0 spiro atoms. The number of anilines is 6. The number of rotatable bonds is 9. The van der Waals surface area contributed by atoms with E-state index in [1.54, 1.807) is 36.4 Å². The highest BCUT2D eigenvalue weighted by Gasteiger charge is 2.36. The summed E-state index contributed by atoms with van der Waals surface area (Å²) in [7, 11) is 0. The lowest BCUT2D eigenvalue weighted by atomic mass is 9.82. The van der Waals surface area contributed by atoms with Crippen LogP contribution in [0.2, 0.25) is 0 Å². The second-order valence-corrected chi connectivity index (χ2v) is 16.3. The van der Waals surface area contributed by atoms with Gasteiger partial charge in [-0.3, -0.25) is 0 Å². The molecule has 0 aliphatic heterocycles. The van der Waals surface area contributed by atoms with Gasteiger partial charge in [0.2, 0.25) is 0 Å². The van der Waals surface area contributed by atoms with Gasteiger partial charge in [-0.15, -0.1) is 0 Å². The summed E-state index contributed by atoms with van der Waals surface area (Å²) < 4.78 is 66.8. The van der Waals surface area contributed by atoms with Gasteiger partial charge in [0.1, 0.15) is 5.69 Å². The molecular weight excluding hydrogens is 789 g/mol. The van der Waals surface area contributed by atoms with Crippen molar-refractivity contribution in [1.29, 1.82) is 0 Å². The molecule has 1 aliphatic carbocycles. The van der Waals surface area contributed by atoms with Crippen LogP contribution < -0.4 is 9.80 Å². The van der Waals surface area contributed by atoms with Crippen molar-refractivity contribution in [3.05, 3.63) is 241 Å². The number of para-hydroxylation sites is 1. The van der Waals surface area contributed by atoms with E-state index in [1.807, 2.05) is 115 Å². The van der Waals surface area contributed by atoms with Crippen LogP contribution in [0.5, 0.6) is 0 Å². The number of hydrogen-bond acceptors (Lipinski definition) is 2. The summed E-state index contributed by atoms with van der Waals surface area (Å²) in [6.07, 6.45) is 0. The van der Waals surface area contributed by atoms with E-state index < -0.39 is 34.5 Å². The average Bonchev–Trinajstić information content (AvgIpc) is 3.56. The molecule has 0 heterocycles. The van der Waals surface area contributed by atoms with Crippen molar-refractivity contribution in [1.82, 2.24) is 0 Å². The zero-order valence-electron chi connectivity index (χ0n) is 34.5. The zero-order valence-corrected chi connectivity index (χ0v) is 34.5. The normalized spacial score (nSPS) is 12.4. The fraction of sp³-hybridized carbons (Fsp3) is 0.0526. The first-order valence-corrected chi connectivity index (χ1v) is 20.9. The SMILES string of the molecule is CC1(C)c2ccccc2-c2ccc(N(c3ccccc3)c3ccc(-c4c(F)c(F)c(N(c5ccc(-c6ccccc6)cc5)c5ccc(-c6ccccc6)cc5)c(F)c4F)cc3)cc21. The van der Waals surface area contributed by atoms with Crippen LogP contribution in [0, 0.1) is 23.3 Å². The second-order valence-electron chi connectivity index (χ2n) is 16.3. The molecule has 0 saturated carbocycles. The minimum atomic E-state index is -1.51. The fourth-order valence-electron chi connectivity index (χ4n) is 8.98. The predicted molar refractivity (Wildman–Crippen MR) is 250 cm³/mol. The van der Waals surface area contributed by atoms with Crippen molar-refractivity contribution >= 4 is 34.1 Å². The van der Waals surface area contributed by atoms with Crippen LogP contribution in [0.25, 0.3) is 44.5 Å². The lowest BCUT2D eigenvalue weighted by Crippen LogP contribution is -2.17. The van der Waals surface area contributed by atoms with Gasteiger partial charge in [-0.25, -0.2) is 17.6 Å². The van der Waals surface area contributed by atoms with E-state index in [0.29, 0.717) is 17.1 Å². The van der Waals surface area contributed by atoms with Crippen molar-refractivity contribution in [3.8, 4) is 44.5 Å². The van der Waals surface area contributed by atoms with E-state index in [2.05, 4.69) is 61.2 Å². The molecule has 9 aromatic carbocycles. The fourth-order valence-corrected chi connectivity index (χ4v) is 8.98. The maximum atomic E-state index is 16.8. The molecule has 10 rings (SSSR count). The van der Waals surface area contributed by atoms with E-state index in [1.165, 1.54) is 39.3 Å². The first kappa shape index (κ1) is 39.4. The Hall–Kier alpha value is -7.70. The molecule has 0 amide bonds. The van der Waals surface area contributed by atoms with Crippen molar-refractivity contribution in [3.63, 3.8) is 0 Å². The molecule has 0 bridgehead atoms. The Morgan fingerprint density at radius 2 is 0.698 bits per heavy atom. The number of benzene rings is 9. The second kappa shape index (κ2) is 16.0. The Morgan fingerprint density at radius 3 is 1.22 bits per heavy atom. The summed E-state index contributed by atoms with van der Waals surface area (Å²) in [5.41, 5.74) is 9.63. The molecule has 0 radical (unpaired) electrons. The molecule has 306 valence electrons. The van der Waals surface area contributed by atoms with Crippen LogP contribution in [0.4, 0.5) is 51.7 Å². The van der Waals surface area contributed by atoms with E-state index in [4.69, 9.17) is 0 Å². The van der Waals surface area contributed by atoms with Gasteiger partial charge in [0.25, 0.3) is 0 Å². The molecule has 63 heavy (non-hydrogen) atoms.